The van der Waals surface area contributed by atoms with Gasteiger partial charge in [-0.2, -0.15) is 4.98 Å². The summed E-state index contributed by atoms with van der Waals surface area (Å²) in [5, 5.41) is 3.12. The van der Waals surface area contributed by atoms with E-state index in [0.29, 0.717) is 37.4 Å². The molecule has 0 bridgehead atoms. The van der Waals surface area contributed by atoms with Crippen LogP contribution in [0.4, 0.5) is 5.82 Å². The zero-order valence-electron chi connectivity index (χ0n) is 11.3. The molecule has 0 aliphatic heterocycles. The van der Waals surface area contributed by atoms with E-state index in [9.17, 15) is 0 Å². The molecule has 0 fully saturated rings. The van der Waals surface area contributed by atoms with E-state index in [-0.39, 0.29) is 0 Å². The predicted octanol–water partition coefficient (Wildman–Crippen LogP) is 2.26. The van der Waals surface area contributed by atoms with Crippen LogP contribution in [0.15, 0.2) is 18.7 Å². The molecule has 100 valence electrons. The van der Waals surface area contributed by atoms with Crippen molar-refractivity contribution in [1.82, 2.24) is 9.97 Å². The second-order valence-corrected chi connectivity index (χ2v) is 4.32. The third-order valence-electron chi connectivity index (χ3n) is 2.01. The molecule has 0 spiro atoms. The standard InChI is InChI=1S/C13H21N3O2/c1-5-6-14-11-7-13(18-8-10(2)3)16-12(15-11)9-17-4/h5,7,10H,1,6,8-9H2,2-4H3,(H,14,15,16). The summed E-state index contributed by atoms with van der Waals surface area (Å²) in [6, 6.07) is 1.78. The van der Waals surface area contributed by atoms with Crippen LogP contribution in [0.5, 0.6) is 5.88 Å². The first-order valence-corrected chi connectivity index (χ1v) is 6.00. The monoisotopic (exact) mass is 251 g/mol. The first-order chi connectivity index (χ1) is 8.65. The van der Waals surface area contributed by atoms with E-state index in [2.05, 4.69) is 35.7 Å². The summed E-state index contributed by atoms with van der Waals surface area (Å²) in [5.41, 5.74) is 0. The molecule has 5 heteroatoms. The van der Waals surface area contributed by atoms with Crippen molar-refractivity contribution in [3.63, 3.8) is 0 Å². The minimum atomic E-state index is 0.363. The van der Waals surface area contributed by atoms with E-state index < -0.39 is 0 Å². The van der Waals surface area contributed by atoms with Gasteiger partial charge in [-0.05, 0) is 5.92 Å². The Labute approximate surface area is 108 Å². The Hall–Kier alpha value is -1.62. The number of nitrogens with zero attached hydrogens (tertiary/aromatic N) is 2. The van der Waals surface area contributed by atoms with Gasteiger partial charge in [-0.15, -0.1) is 6.58 Å². The SMILES string of the molecule is C=CCNc1cc(OCC(C)C)nc(COC)n1. The van der Waals surface area contributed by atoms with Crippen LogP contribution in [-0.2, 0) is 11.3 Å². The average Bonchev–Trinajstić information content (AvgIpc) is 2.34. The van der Waals surface area contributed by atoms with Crippen molar-refractivity contribution >= 4 is 5.82 Å². The van der Waals surface area contributed by atoms with Gasteiger partial charge in [-0.25, -0.2) is 4.98 Å². The predicted molar refractivity (Wildman–Crippen MR) is 71.8 cm³/mol. The maximum atomic E-state index is 5.60. The zero-order valence-corrected chi connectivity index (χ0v) is 11.3. The van der Waals surface area contributed by atoms with E-state index in [1.54, 1.807) is 19.3 Å². The molecular weight excluding hydrogens is 230 g/mol. The van der Waals surface area contributed by atoms with E-state index in [0.717, 1.165) is 5.82 Å². The molecule has 1 aromatic heterocycles. The summed E-state index contributed by atoms with van der Waals surface area (Å²) in [4.78, 5) is 8.59. The van der Waals surface area contributed by atoms with Crippen LogP contribution >= 0.6 is 0 Å². The third kappa shape index (κ3) is 5.14. The molecule has 1 heterocycles. The molecule has 0 radical (unpaired) electrons. The molecule has 0 amide bonds. The van der Waals surface area contributed by atoms with Gasteiger partial charge in [0.15, 0.2) is 5.82 Å². The Morgan fingerprint density at radius 3 is 2.83 bits per heavy atom. The van der Waals surface area contributed by atoms with Gasteiger partial charge >= 0.3 is 0 Å². The highest BCUT2D eigenvalue weighted by molar-refractivity contribution is 5.38. The third-order valence-corrected chi connectivity index (χ3v) is 2.01. The van der Waals surface area contributed by atoms with Crippen LogP contribution in [0.2, 0.25) is 0 Å². The Balaban J connectivity index is 2.79. The van der Waals surface area contributed by atoms with Gasteiger partial charge in [0.1, 0.15) is 12.4 Å². The number of nitrogens with one attached hydrogen (secondary N) is 1. The van der Waals surface area contributed by atoms with Gasteiger partial charge in [0, 0.05) is 19.7 Å². The molecule has 0 unspecified atom stereocenters. The highest BCUT2D eigenvalue weighted by Gasteiger charge is 2.06. The van der Waals surface area contributed by atoms with Gasteiger partial charge in [-0.3, -0.25) is 0 Å². The lowest BCUT2D eigenvalue weighted by Gasteiger charge is -2.11. The van der Waals surface area contributed by atoms with Crippen LogP contribution in [-0.4, -0.2) is 30.2 Å². The van der Waals surface area contributed by atoms with Gasteiger partial charge in [0.2, 0.25) is 5.88 Å². The topological polar surface area (TPSA) is 56.3 Å². The molecule has 1 rings (SSSR count). The molecular formula is C13H21N3O2. The summed E-state index contributed by atoms with van der Waals surface area (Å²) < 4.78 is 10.6. The van der Waals surface area contributed by atoms with E-state index in [1.165, 1.54) is 0 Å². The Bertz CT molecular complexity index is 380. The number of anilines is 1. The fourth-order valence-corrected chi connectivity index (χ4v) is 1.26. The maximum Gasteiger partial charge on any atom is 0.218 e. The molecule has 0 atom stereocenters. The lowest BCUT2D eigenvalue weighted by atomic mass is 10.2. The number of rotatable bonds is 8. The molecule has 18 heavy (non-hydrogen) atoms. The van der Waals surface area contributed by atoms with Crippen molar-refractivity contribution in [2.24, 2.45) is 5.92 Å². The van der Waals surface area contributed by atoms with Crippen LogP contribution in [0.25, 0.3) is 0 Å². The summed E-state index contributed by atoms with van der Waals surface area (Å²) in [7, 11) is 1.61. The Kier molecular flexibility index (Phi) is 6.14. The van der Waals surface area contributed by atoms with Crippen molar-refractivity contribution in [2.45, 2.75) is 20.5 Å². The van der Waals surface area contributed by atoms with Gasteiger partial charge in [0.25, 0.3) is 0 Å². The summed E-state index contributed by atoms with van der Waals surface area (Å²) >= 11 is 0. The first-order valence-electron chi connectivity index (χ1n) is 6.00. The number of methoxy groups -OCH3 is 1. The second kappa shape index (κ2) is 7.66. The summed E-state index contributed by atoms with van der Waals surface area (Å²) in [5.74, 6) is 2.34. The van der Waals surface area contributed by atoms with Crippen molar-refractivity contribution in [1.29, 1.82) is 0 Å². The van der Waals surface area contributed by atoms with E-state index in [4.69, 9.17) is 9.47 Å². The molecule has 1 N–H and O–H groups in total. The first kappa shape index (κ1) is 14.4. The largest absolute Gasteiger partial charge is 0.477 e. The Morgan fingerprint density at radius 2 is 2.22 bits per heavy atom. The van der Waals surface area contributed by atoms with Gasteiger partial charge < -0.3 is 14.8 Å². The smallest absolute Gasteiger partial charge is 0.218 e. The number of aromatic nitrogens is 2. The van der Waals surface area contributed by atoms with Crippen molar-refractivity contribution in [2.75, 3.05) is 25.6 Å². The number of hydrogen-bond donors (Lipinski definition) is 1. The zero-order chi connectivity index (χ0) is 13.4. The van der Waals surface area contributed by atoms with Crippen LogP contribution in [0.3, 0.4) is 0 Å². The fourth-order valence-electron chi connectivity index (χ4n) is 1.26. The lowest BCUT2D eigenvalue weighted by Crippen LogP contribution is -2.10. The molecule has 0 aromatic carbocycles. The molecule has 0 aliphatic carbocycles. The minimum Gasteiger partial charge on any atom is -0.477 e. The maximum absolute atomic E-state index is 5.60. The normalized spacial score (nSPS) is 10.4. The van der Waals surface area contributed by atoms with Crippen LogP contribution < -0.4 is 10.1 Å². The van der Waals surface area contributed by atoms with Crippen molar-refractivity contribution in [3.8, 4) is 5.88 Å². The summed E-state index contributed by atoms with van der Waals surface area (Å²) in [6.45, 7) is 9.48. The highest BCUT2D eigenvalue weighted by atomic mass is 16.5. The van der Waals surface area contributed by atoms with Gasteiger partial charge in [0.05, 0.1) is 6.61 Å². The summed E-state index contributed by atoms with van der Waals surface area (Å²) in [6.07, 6.45) is 1.77. The molecule has 0 saturated heterocycles. The molecule has 1 aromatic rings. The van der Waals surface area contributed by atoms with Crippen molar-refractivity contribution < 1.29 is 9.47 Å². The van der Waals surface area contributed by atoms with Crippen LogP contribution in [0, 0.1) is 5.92 Å². The quantitative estimate of drug-likeness (QED) is 0.718. The molecule has 5 nitrogen and oxygen atoms in total. The minimum absolute atomic E-state index is 0.363. The van der Waals surface area contributed by atoms with Gasteiger partial charge in [-0.1, -0.05) is 19.9 Å². The van der Waals surface area contributed by atoms with Crippen LogP contribution in [0.1, 0.15) is 19.7 Å². The molecule has 0 aliphatic rings. The van der Waals surface area contributed by atoms with E-state index >= 15 is 0 Å². The Morgan fingerprint density at radius 1 is 1.44 bits per heavy atom. The number of hydrogen-bond acceptors (Lipinski definition) is 5. The van der Waals surface area contributed by atoms with Crippen molar-refractivity contribution in [3.05, 3.63) is 24.5 Å². The average molecular weight is 251 g/mol. The fraction of sp³-hybridized carbons (Fsp3) is 0.538. The van der Waals surface area contributed by atoms with E-state index in [1.807, 2.05) is 0 Å². The highest BCUT2D eigenvalue weighted by Crippen LogP contribution is 2.15. The molecule has 0 saturated carbocycles. The number of ether oxygens (including phenoxy) is 2. The second-order valence-electron chi connectivity index (χ2n) is 4.32. The lowest BCUT2D eigenvalue weighted by molar-refractivity contribution is 0.175.